The third-order valence-corrected chi connectivity index (χ3v) is 6.38. The molecule has 0 unspecified atom stereocenters. The Hall–Kier alpha value is -3.41. The second kappa shape index (κ2) is 7.13. The number of hydrazone groups is 1. The highest BCUT2D eigenvalue weighted by atomic mass is 19.1. The normalized spacial score (nSPS) is 24.1. The van der Waals surface area contributed by atoms with Crippen molar-refractivity contribution in [3.63, 3.8) is 0 Å². The maximum absolute atomic E-state index is 13.7. The SMILES string of the molecule is N#Cc1cc(N2CC[C@@H](C(=O)N3N=CC[C@H]3c3cncc(F)c3)C3(CC3)C2)ncn1. The topological polar surface area (TPSA) is 98.4 Å². The standard InChI is InChI=1S/C21H20FN7O/c22-15-7-14(10-24-11-15)18-1-5-27-29(18)20(30)17-2-6-28(12-21(17)3-4-21)19-8-16(9-23)25-13-26-19/h5,7-8,10-11,13,17-18H,1-4,6,12H2/t17-,18-/m0/s1. The third kappa shape index (κ3) is 3.18. The highest BCUT2D eigenvalue weighted by molar-refractivity contribution is 5.83. The van der Waals surface area contributed by atoms with Crippen LogP contribution >= 0.6 is 0 Å². The molecule has 9 heteroatoms. The molecule has 152 valence electrons. The van der Waals surface area contributed by atoms with Gasteiger partial charge in [-0.25, -0.2) is 19.4 Å². The van der Waals surface area contributed by atoms with Gasteiger partial charge in [0.2, 0.25) is 5.91 Å². The van der Waals surface area contributed by atoms with Crippen molar-refractivity contribution >= 4 is 17.9 Å². The van der Waals surface area contributed by atoms with Gasteiger partial charge in [-0.05, 0) is 36.3 Å². The fourth-order valence-corrected chi connectivity index (χ4v) is 4.66. The van der Waals surface area contributed by atoms with Crippen LogP contribution in [0.5, 0.6) is 0 Å². The molecular formula is C21H20FN7O. The molecule has 5 rings (SSSR count). The fourth-order valence-electron chi connectivity index (χ4n) is 4.66. The molecule has 3 aliphatic rings. The van der Waals surface area contributed by atoms with Crippen LogP contribution < -0.4 is 4.90 Å². The Kier molecular flexibility index (Phi) is 4.42. The maximum Gasteiger partial charge on any atom is 0.247 e. The third-order valence-electron chi connectivity index (χ3n) is 6.38. The van der Waals surface area contributed by atoms with Gasteiger partial charge in [-0.1, -0.05) is 0 Å². The van der Waals surface area contributed by atoms with Crippen molar-refractivity contribution in [3.05, 3.63) is 47.9 Å². The summed E-state index contributed by atoms with van der Waals surface area (Å²) in [5, 5.41) is 15.0. The molecule has 30 heavy (non-hydrogen) atoms. The molecule has 2 atom stereocenters. The predicted molar refractivity (Wildman–Crippen MR) is 106 cm³/mol. The number of nitriles is 1. The van der Waals surface area contributed by atoms with E-state index in [0.29, 0.717) is 30.6 Å². The zero-order valence-corrected chi connectivity index (χ0v) is 16.3. The molecule has 1 aliphatic carbocycles. The van der Waals surface area contributed by atoms with Gasteiger partial charge in [0.05, 0.1) is 12.2 Å². The number of piperidine rings is 1. The van der Waals surface area contributed by atoms with E-state index in [0.717, 1.165) is 31.4 Å². The number of anilines is 1. The van der Waals surface area contributed by atoms with E-state index < -0.39 is 5.82 Å². The van der Waals surface area contributed by atoms with Crippen LogP contribution in [0, 0.1) is 28.5 Å². The van der Waals surface area contributed by atoms with Crippen molar-refractivity contribution in [1.29, 1.82) is 5.26 Å². The van der Waals surface area contributed by atoms with Crippen molar-refractivity contribution in [2.45, 2.75) is 31.7 Å². The van der Waals surface area contributed by atoms with Crippen LogP contribution in [0.15, 0.2) is 36.0 Å². The van der Waals surface area contributed by atoms with Crippen molar-refractivity contribution in [3.8, 4) is 6.07 Å². The number of amides is 1. The van der Waals surface area contributed by atoms with Crippen LogP contribution in [0.4, 0.5) is 10.2 Å². The minimum absolute atomic E-state index is 0.00411. The minimum Gasteiger partial charge on any atom is -0.356 e. The van der Waals surface area contributed by atoms with E-state index in [9.17, 15) is 9.18 Å². The summed E-state index contributed by atoms with van der Waals surface area (Å²) in [5.41, 5.74) is 0.893. The zero-order chi connectivity index (χ0) is 20.7. The van der Waals surface area contributed by atoms with Crippen LogP contribution in [0.3, 0.4) is 0 Å². The van der Waals surface area contributed by atoms with Gasteiger partial charge < -0.3 is 4.90 Å². The van der Waals surface area contributed by atoms with Crippen molar-refractivity contribution in [2.24, 2.45) is 16.4 Å². The number of hydrogen-bond acceptors (Lipinski definition) is 7. The molecule has 2 aliphatic heterocycles. The van der Waals surface area contributed by atoms with Crippen LogP contribution in [0.2, 0.25) is 0 Å². The Morgan fingerprint density at radius 3 is 2.90 bits per heavy atom. The van der Waals surface area contributed by atoms with E-state index in [1.807, 2.05) is 6.07 Å². The Bertz CT molecular complexity index is 1060. The van der Waals surface area contributed by atoms with Gasteiger partial charge in [0.15, 0.2) is 0 Å². The highest BCUT2D eigenvalue weighted by Crippen LogP contribution is 2.57. The molecule has 1 saturated carbocycles. The molecular weight excluding hydrogens is 385 g/mol. The molecule has 1 saturated heterocycles. The molecule has 0 aromatic carbocycles. The lowest BCUT2D eigenvalue weighted by atomic mass is 9.81. The summed E-state index contributed by atoms with van der Waals surface area (Å²) in [5.74, 6) is 0.169. The molecule has 2 aromatic heterocycles. The van der Waals surface area contributed by atoms with Gasteiger partial charge in [0.1, 0.15) is 29.7 Å². The van der Waals surface area contributed by atoms with Crippen LogP contribution in [-0.2, 0) is 4.79 Å². The maximum atomic E-state index is 13.7. The van der Waals surface area contributed by atoms with E-state index in [-0.39, 0.29) is 23.3 Å². The summed E-state index contributed by atoms with van der Waals surface area (Å²) in [7, 11) is 0. The first-order valence-corrected chi connectivity index (χ1v) is 10.0. The lowest BCUT2D eigenvalue weighted by Crippen LogP contribution is -2.48. The van der Waals surface area contributed by atoms with E-state index in [4.69, 9.17) is 5.26 Å². The van der Waals surface area contributed by atoms with Gasteiger partial charge in [0.25, 0.3) is 0 Å². The summed E-state index contributed by atoms with van der Waals surface area (Å²) in [4.78, 5) is 27.8. The smallest absolute Gasteiger partial charge is 0.247 e. The number of nitrogens with zero attached hydrogens (tertiary/aromatic N) is 7. The second-order valence-corrected chi connectivity index (χ2v) is 8.17. The Morgan fingerprint density at radius 1 is 1.27 bits per heavy atom. The predicted octanol–water partition coefficient (Wildman–Crippen LogP) is 2.45. The Labute approximate surface area is 173 Å². The van der Waals surface area contributed by atoms with E-state index >= 15 is 0 Å². The van der Waals surface area contributed by atoms with E-state index in [2.05, 4.69) is 25.0 Å². The number of carbonyl (C=O) groups is 1. The summed E-state index contributed by atoms with van der Waals surface area (Å²) < 4.78 is 13.7. The minimum atomic E-state index is -0.416. The van der Waals surface area contributed by atoms with Crippen molar-refractivity contribution in [1.82, 2.24) is 20.0 Å². The average Bonchev–Trinajstić information content (AvgIpc) is 3.34. The van der Waals surface area contributed by atoms with E-state index in [1.165, 1.54) is 17.4 Å². The van der Waals surface area contributed by atoms with Crippen LogP contribution in [0.1, 0.15) is 43.0 Å². The molecule has 4 heterocycles. The van der Waals surface area contributed by atoms with Gasteiger partial charge in [-0.2, -0.15) is 10.4 Å². The number of carbonyl (C=O) groups excluding carboxylic acids is 1. The first kappa shape index (κ1) is 18.6. The Balaban J connectivity index is 1.35. The molecule has 2 aromatic rings. The summed E-state index contributed by atoms with van der Waals surface area (Å²) >= 11 is 0. The summed E-state index contributed by atoms with van der Waals surface area (Å²) in [6.07, 6.45) is 9.06. The number of rotatable bonds is 3. The van der Waals surface area contributed by atoms with Gasteiger partial charge in [-0.15, -0.1) is 0 Å². The summed E-state index contributed by atoms with van der Waals surface area (Å²) in [6, 6.07) is 4.85. The Morgan fingerprint density at radius 2 is 2.13 bits per heavy atom. The number of halogens is 1. The molecule has 0 N–H and O–H groups in total. The van der Waals surface area contributed by atoms with Gasteiger partial charge in [0, 0.05) is 43.9 Å². The first-order chi connectivity index (χ1) is 14.6. The largest absolute Gasteiger partial charge is 0.356 e. The summed E-state index contributed by atoms with van der Waals surface area (Å²) in [6.45, 7) is 1.39. The molecule has 0 radical (unpaired) electrons. The zero-order valence-electron chi connectivity index (χ0n) is 16.3. The quantitative estimate of drug-likeness (QED) is 0.778. The van der Waals surface area contributed by atoms with Gasteiger partial charge >= 0.3 is 0 Å². The van der Waals surface area contributed by atoms with Crippen molar-refractivity contribution < 1.29 is 9.18 Å². The number of hydrogen-bond donors (Lipinski definition) is 0. The monoisotopic (exact) mass is 405 g/mol. The number of pyridine rings is 1. The molecule has 0 bridgehead atoms. The van der Waals surface area contributed by atoms with Crippen LogP contribution in [0.25, 0.3) is 0 Å². The molecule has 1 spiro atoms. The van der Waals surface area contributed by atoms with Crippen LogP contribution in [-0.4, -0.2) is 45.2 Å². The van der Waals surface area contributed by atoms with E-state index in [1.54, 1.807) is 18.5 Å². The lowest BCUT2D eigenvalue weighted by molar-refractivity contribution is -0.140. The lowest BCUT2D eigenvalue weighted by Gasteiger charge is -2.40. The molecule has 1 amide bonds. The second-order valence-electron chi connectivity index (χ2n) is 8.17. The molecule has 2 fully saturated rings. The average molecular weight is 405 g/mol. The number of aromatic nitrogens is 3. The highest BCUT2D eigenvalue weighted by Gasteiger charge is 2.56. The molecule has 8 nitrogen and oxygen atoms in total. The van der Waals surface area contributed by atoms with Crippen molar-refractivity contribution in [2.75, 3.05) is 18.0 Å². The van der Waals surface area contributed by atoms with Gasteiger partial charge in [-0.3, -0.25) is 9.78 Å². The fraction of sp³-hybridized carbons (Fsp3) is 0.429. The first-order valence-electron chi connectivity index (χ1n) is 10.0.